The van der Waals surface area contributed by atoms with Gasteiger partial charge in [0.2, 0.25) is 0 Å². The van der Waals surface area contributed by atoms with Crippen LogP contribution >= 0.6 is 11.6 Å². The third-order valence-corrected chi connectivity index (χ3v) is 1.58. The van der Waals surface area contributed by atoms with E-state index in [-0.39, 0.29) is 5.41 Å². The van der Waals surface area contributed by atoms with Crippen LogP contribution in [0.25, 0.3) is 0 Å². The summed E-state index contributed by atoms with van der Waals surface area (Å²) in [6.07, 6.45) is 1.64. The molecule has 0 heterocycles. The van der Waals surface area contributed by atoms with E-state index in [0.717, 1.165) is 5.70 Å². The van der Waals surface area contributed by atoms with Crippen molar-refractivity contribution in [2.45, 2.75) is 27.7 Å². The highest BCUT2D eigenvalue weighted by Gasteiger charge is 2.19. The zero-order valence-corrected chi connectivity index (χ0v) is 8.81. The third kappa shape index (κ3) is 3.18. The summed E-state index contributed by atoms with van der Waals surface area (Å²) in [5.74, 6) is 0. The van der Waals surface area contributed by atoms with Gasteiger partial charge in [-0.25, -0.2) is 4.99 Å². The van der Waals surface area contributed by atoms with Gasteiger partial charge in [-0.1, -0.05) is 32.4 Å². The van der Waals surface area contributed by atoms with Gasteiger partial charge in [-0.15, -0.1) is 0 Å². The Bertz CT molecular complexity index is 221. The lowest BCUT2D eigenvalue weighted by Crippen LogP contribution is -2.08. The average molecular weight is 187 g/mol. The minimum Gasteiger partial charge on any atom is -0.265 e. The molecule has 0 aliphatic heterocycles. The lowest BCUT2D eigenvalue weighted by Gasteiger charge is -2.18. The van der Waals surface area contributed by atoms with E-state index in [2.05, 4.69) is 16.7 Å². The standard InChI is InChI=1S/C9H15ClN2/c1-6-12-8(10)7(11-5)9(2,3)4/h6H,5H2,1-4H3/b8-7-,12-6?. The summed E-state index contributed by atoms with van der Waals surface area (Å²) in [6.45, 7) is 11.3. The van der Waals surface area contributed by atoms with Crippen molar-refractivity contribution >= 4 is 24.5 Å². The number of hydrogen-bond donors (Lipinski definition) is 0. The number of nitrogens with zero attached hydrogens (tertiary/aromatic N) is 2. The molecule has 12 heavy (non-hydrogen) atoms. The summed E-state index contributed by atoms with van der Waals surface area (Å²) in [4.78, 5) is 7.81. The summed E-state index contributed by atoms with van der Waals surface area (Å²) in [6, 6.07) is 0. The fourth-order valence-electron chi connectivity index (χ4n) is 0.786. The molecule has 0 fully saturated rings. The highest BCUT2D eigenvalue weighted by atomic mass is 35.5. The second-order valence-corrected chi connectivity index (χ2v) is 3.79. The summed E-state index contributed by atoms with van der Waals surface area (Å²) in [5.41, 5.74) is 0.619. The Labute approximate surface area is 79.1 Å². The molecule has 0 aromatic heterocycles. The minimum absolute atomic E-state index is 0.106. The van der Waals surface area contributed by atoms with Crippen LogP contribution in [0.1, 0.15) is 27.7 Å². The maximum atomic E-state index is 5.88. The molecule has 0 saturated heterocycles. The van der Waals surface area contributed by atoms with Gasteiger partial charge < -0.3 is 0 Å². The fourth-order valence-corrected chi connectivity index (χ4v) is 1.23. The second-order valence-electron chi connectivity index (χ2n) is 3.43. The van der Waals surface area contributed by atoms with Gasteiger partial charge in [0.05, 0.1) is 5.70 Å². The summed E-state index contributed by atoms with van der Waals surface area (Å²) in [7, 11) is 0. The van der Waals surface area contributed by atoms with E-state index >= 15 is 0 Å². The minimum atomic E-state index is -0.106. The average Bonchev–Trinajstić information content (AvgIpc) is 1.85. The molecule has 3 heteroatoms. The molecular weight excluding hydrogens is 172 g/mol. The van der Waals surface area contributed by atoms with Crippen molar-refractivity contribution in [1.82, 2.24) is 0 Å². The van der Waals surface area contributed by atoms with E-state index in [1.54, 1.807) is 6.21 Å². The van der Waals surface area contributed by atoms with Crippen LogP contribution in [-0.2, 0) is 0 Å². The summed E-state index contributed by atoms with van der Waals surface area (Å²) >= 11 is 5.88. The molecule has 0 unspecified atom stereocenters. The lowest BCUT2D eigenvalue weighted by molar-refractivity contribution is 0.496. The fraction of sp³-hybridized carbons (Fsp3) is 0.556. The predicted octanol–water partition coefficient (Wildman–Crippen LogP) is 3.23. The zero-order chi connectivity index (χ0) is 9.78. The van der Waals surface area contributed by atoms with Crippen LogP contribution in [0.4, 0.5) is 0 Å². The highest BCUT2D eigenvalue weighted by molar-refractivity contribution is 6.30. The molecule has 0 rings (SSSR count). The summed E-state index contributed by atoms with van der Waals surface area (Å²) in [5, 5.41) is 0.417. The van der Waals surface area contributed by atoms with Crippen LogP contribution in [0.3, 0.4) is 0 Å². The molecule has 0 radical (unpaired) electrons. The van der Waals surface area contributed by atoms with Gasteiger partial charge in [-0.3, -0.25) is 4.99 Å². The van der Waals surface area contributed by atoms with Crippen LogP contribution in [0.5, 0.6) is 0 Å². The van der Waals surface area contributed by atoms with E-state index in [4.69, 9.17) is 11.6 Å². The van der Waals surface area contributed by atoms with Crippen molar-refractivity contribution in [3.8, 4) is 0 Å². The van der Waals surface area contributed by atoms with Crippen LogP contribution in [0, 0.1) is 5.41 Å². The first-order valence-electron chi connectivity index (χ1n) is 3.79. The van der Waals surface area contributed by atoms with Crippen molar-refractivity contribution in [1.29, 1.82) is 0 Å². The molecule has 0 saturated carbocycles. The largest absolute Gasteiger partial charge is 0.265 e. The van der Waals surface area contributed by atoms with E-state index < -0.39 is 0 Å². The van der Waals surface area contributed by atoms with Crippen molar-refractivity contribution in [2.75, 3.05) is 0 Å². The predicted molar refractivity (Wildman–Crippen MR) is 56.0 cm³/mol. The highest BCUT2D eigenvalue weighted by Crippen LogP contribution is 2.30. The first-order valence-corrected chi connectivity index (χ1v) is 4.17. The van der Waals surface area contributed by atoms with Gasteiger partial charge >= 0.3 is 0 Å². The Balaban J connectivity index is 5.00. The summed E-state index contributed by atoms with van der Waals surface area (Å²) < 4.78 is 0. The van der Waals surface area contributed by atoms with Crippen molar-refractivity contribution in [3.63, 3.8) is 0 Å². The van der Waals surface area contributed by atoms with Crippen LogP contribution in [0.2, 0.25) is 0 Å². The van der Waals surface area contributed by atoms with Gasteiger partial charge in [-0.05, 0) is 13.6 Å². The normalized spacial score (nSPS) is 14.8. The molecule has 0 aliphatic rings. The van der Waals surface area contributed by atoms with Gasteiger partial charge in [0.1, 0.15) is 0 Å². The Kier molecular flexibility index (Phi) is 4.18. The number of aliphatic imine (C=N–C) groups is 2. The molecule has 0 bridgehead atoms. The van der Waals surface area contributed by atoms with Crippen LogP contribution < -0.4 is 0 Å². The van der Waals surface area contributed by atoms with Crippen molar-refractivity contribution < 1.29 is 0 Å². The second kappa shape index (κ2) is 4.41. The topological polar surface area (TPSA) is 24.7 Å². The Morgan fingerprint density at radius 2 is 1.92 bits per heavy atom. The first-order chi connectivity index (χ1) is 5.43. The quantitative estimate of drug-likeness (QED) is 0.467. The van der Waals surface area contributed by atoms with E-state index in [1.807, 2.05) is 27.7 Å². The van der Waals surface area contributed by atoms with Gasteiger partial charge in [-0.2, -0.15) is 0 Å². The van der Waals surface area contributed by atoms with E-state index in [1.165, 1.54) is 0 Å². The molecule has 0 spiro atoms. The zero-order valence-electron chi connectivity index (χ0n) is 8.06. The smallest absolute Gasteiger partial charge is 0.150 e. The maximum Gasteiger partial charge on any atom is 0.150 e. The molecular formula is C9H15ClN2. The van der Waals surface area contributed by atoms with Crippen molar-refractivity contribution in [3.05, 3.63) is 10.9 Å². The van der Waals surface area contributed by atoms with Gasteiger partial charge in [0, 0.05) is 11.6 Å². The van der Waals surface area contributed by atoms with Gasteiger partial charge in [0.25, 0.3) is 0 Å². The van der Waals surface area contributed by atoms with Crippen molar-refractivity contribution in [2.24, 2.45) is 15.4 Å². The third-order valence-electron chi connectivity index (χ3n) is 1.31. The molecule has 0 aliphatic carbocycles. The number of rotatable bonds is 2. The first kappa shape index (κ1) is 11.4. The van der Waals surface area contributed by atoms with Crippen LogP contribution in [0.15, 0.2) is 20.8 Å². The Hall–Kier alpha value is -0.630. The lowest BCUT2D eigenvalue weighted by atomic mass is 9.93. The molecule has 0 aromatic rings. The molecule has 0 atom stereocenters. The maximum absolute atomic E-state index is 5.88. The number of halogens is 1. The molecule has 2 nitrogen and oxygen atoms in total. The van der Waals surface area contributed by atoms with E-state index in [9.17, 15) is 0 Å². The van der Waals surface area contributed by atoms with Gasteiger partial charge in [0.15, 0.2) is 5.16 Å². The monoisotopic (exact) mass is 186 g/mol. The molecule has 0 N–H and O–H groups in total. The SMILES string of the molecule is C=N/C(=C(/Cl)N=CC)C(C)(C)C. The Morgan fingerprint density at radius 3 is 2.17 bits per heavy atom. The number of hydrogen-bond acceptors (Lipinski definition) is 2. The molecule has 0 aromatic carbocycles. The van der Waals surface area contributed by atoms with E-state index in [0.29, 0.717) is 5.16 Å². The van der Waals surface area contributed by atoms with Crippen LogP contribution in [-0.4, -0.2) is 12.9 Å². The molecule has 0 amide bonds. The number of allylic oxidation sites excluding steroid dienone is 1. The molecule has 68 valence electrons. The Morgan fingerprint density at radius 1 is 1.42 bits per heavy atom.